The SMILES string of the molecule is CCCCCCCCCCCCOc1cc(/C(C#N)=C/c2scc3c2OCC(CCCCCC)(CCCCCC)CO3)c(OCCCCCCCCCCCC)cc1/C(C#N)=C/c1scc2c1OCC(CCCCCC)(CCCCCC)CO2. The maximum absolute atomic E-state index is 11.3. The van der Waals surface area contributed by atoms with Gasteiger partial charge in [0.25, 0.3) is 0 Å². The summed E-state index contributed by atoms with van der Waals surface area (Å²) >= 11 is 3.10. The average Bonchev–Trinajstić information content (AvgIpc) is 3.17. The van der Waals surface area contributed by atoms with Gasteiger partial charge in [-0.1, -0.05) is 260 Å². The largest absolute Gasteiger partial charge is 0.493 e. The smallest absolute Gasteiger partial charge is 0.179 e. The number of hydrogen-bond acceptors (Lipinski definition) is 10. The van der Waals surface area contributed by atoms with Crippen LogP contribution in [0, 0.1) is 33.5 Å². The van der Waals surface area contributed by atoms with Crippen molar-refractivity contribution in [2.45, 2.75) is 298 Å². The van der Waals surface area contributed by atoms with Crippen molar-refractivity contribution in [1.29, 1.82) is 10.5 Å². The van der Waals surface area contributed by atoms with Gasteiger partial charge < -0.3 is 28.4 Å². The van der Waals surface area contributed by atoms with Crippen molar-refractivity contribution < 1.29 is 28.4 Å². The number of hydrogen-bond donors (Lipinski definition) is 0. The van der Waals surface area contributed by atoms with E-state index in [1.165, 1.54) is 205 Å². The highest BCUT2D eigenvalue weighted by Crippen LogP contribution is 2.49. The van der Waals surface area contributed by atoms with Crippen LogP contribution in [0.4, 0.5) is 0 Å². The Labute approximate surface area is 521 Å². The average molecular weight is 1190 g/mol. The number of unbranched alkanes of at least 4 members (excludes halogenated alkanes) is 30. The van der Waals surface area contributed by atoms with Crippen LogP contribution in [0.2, 0.25) is 0 Å². The van der Waals surface area contributed by atoms with Gasteiger partial charge in [0.1, 0.15) is 11.5 Å². The lowest BCUT2D eigenvalue weighted by Crippen LogP contribution is -2.33. The zero-order chi connectivity index (χ0) is 59.8. The molecule has 5 rings (SSSR count). The minimum absolute atomic E-state index is 0.0533. The number of ether oxygens (including phenoxy) is 6. The molecule has 2 aromatic heterocycles. The molecule has 2 aliphatic heterocycles. The summed E-state index contributed by atoms with van der Waals surface area (Å²) in [5, 5.41) is 26.7. The van der Waals surface area contributed by atoms with Crippen molar-refractivity contribution in [2.75, 3.05) is 39.6 Å². The second kappa shape index (κ2) is 42.7. The molecule has 0 amide bonds. The Kier molecular flexibility index (Phi) is 35.9. The van der Waals surface area contributed by atoms with Crippen molar-refractivity contribution >= 4 is 46.0 Å². The fraction of sp³-hybridized carbons (Fsp3) is 0.730. The highest BCUT2D eigenvalue weighted by molar-refractivity contribution is 7.12. The summed E-state index contributed by atoms with van der Waals surface area (Å²) in [5.74, 6) is 4.10. The van der Waals surface area contributed by atoms with E-state index >= 15 is 0 Å². The lowest BCUT2D eigenvalue weighted by atomic mass is 9.79. The Balaban J connectivity index is 1.51. The number of nitriles is 2. The predicted octanol–water partition coefficient (Wildman–Crippen LogP) is 23.9. The van der Waals surface area contributed by atoms with E-state index in [-0.39, 0.29) is 10.8 Å². The molecule has 4 heterocycles. The highest BCUT2D eigenvalue weighted by Gasteiger charge is 2.37. The third kappa shape index (κ3) is 24.9. The summed E-state index contributed by atoms with van der Waals surface area (Å²) in [5.41, 5.74) is 2.10. The van der Waals surface area contributed by atoms with Gasteiger partial charge in [-0.05, 0) is 62.8 Å². The van der Waals surface area contributed by atoms with Gasteiger partial charge >= 0.3 is 0 Å². The molecule has 0 aliphatic carbocycles. The van der Waals surface area contributed by atoms with Crippen LogP contribution in [-0.4, -0.2) is 39.6 Å². The minimum Gasteiger partial charge on any atom is -0.493 e. The molecule has 10 heteroatoms. The molecule has 0 radical (unpaired) electrons. The number of rotatable bonds is 48. The van der Waals surface area contributed by atoms with Crippen LogP contribution in [0.1, 0.15) is 319 Å². The predicted molar refractivity (Wildman–Crippen MR) is 359 cm³/mol. The molecule has 2 aliphatic rings. The van der Waals surface area contributed by atoms with Gasteiger partial charge in [0.15, 0.2) is 23.0 Å². The zero-order valence-electron chi connectivity index (χ0n) is 54.2. The van der Waals surface area contributed by atoms with Crippen molar-refractivity contribution in [3.05, 3.63) is 43.8 Å². The number of benzene rings is 1. The molecule has 84 heavy (non-hydrogen) atoms. The van der Waals surface area contributed by atoms with Crippen LogP contribution < -0.4 is 28.4 Å². The normalized spacial score (nSPS) is 14.7. The molecule has 3 aromatic rings. The summed E-state index contributed by atoms with van der Waals surface area (Å²) < 4.78 is 41.0. The first-order chi connectivity index (χ1) is 41.3. The van der Waals surface area contributed by atoms with Gasteiger partial charge in [-0.3, -0.25) is 0 Å². The third-order valence-corrected chi connectivity index (χ3v) is 19.6. The van der Waals surface area contributed by atoms with Gasteiger partial charge in [-0.15, -0.1) is 22.7 Å². The summed E-state index contributed by atoms with van der Waals surface area (Å²) in [7, 11) is 0. The van der Waals surface area contributed by atoms with Crippen LogP contribution in [0.5, 0.6) is 34.5 Å². The van der Waals surface area contributed by atoms with Crippen LogP contribution in [0.25, 0.3) is 23.3 Å². The molecule has 0 spiro atoms. The second-order valence-corrected chi connectivity index (χ2v) is 27.1. The fourth-order valence-electron chi connectivity index (χ4n) is 12.3. The Hall–Kier alpha value is -4.12. The molecule has 0 fully saturated rings. The zero-order valence-corrected chi connectivity index (χ0v) is 55.8. The van der Waals surface area contributed by atoms with E-state index in [1.54, 1.807) is 22.7 Å². The number of thiophene rings is 2. The first kappa shape index (κ1) is 70.6. The molecule has 0 N–H and O–H groups in total. The molecule has 1 aromatic carbocycles. The topological polar surface area (TPSA) is 103 Å². The van der Waals surface area contributed by atoms with E-state index in [4.69, 9.17) is 28.4 Å². The van der Waals surface area contributed by atoms with Crippen LogP contribution in [-0.2, 0) is 0 Å². The number of allylic oxidation sites excluding steroid dienone is 2. The minimum atomic E-state index is -0.0533. The lowest BCUT2D eigenvalue weighted by molar-refractivity contribution is 0.0782. The van der Waals surface area contributed by atoms with Crippen molar-refractivity contribution in [3.8, 4) is 46.6 Å². The van der Waals surface area contributed by atoms with Crippen LogP contribution >= 0.6 is 22.7 Å². The van der Waals surface area contributed by atoms with E-state index in [1.807, 2.05) is 24.3 Å². The molecule has 0 atom stereocenters. The lowest BCUT2D eigenvalue weighted by Gasteiger charge is -2.31. The maximum Gasteiger partial charge on any atom is 0.179 e. The quantitative estimate of drug-likeness (QED) is 0.0407. The Morgan fingerprint density at radius 3 is 0.976 bits per heavy atom. The number of fused-ring (bicyclic) bond motifs is 2. The summed E-state index contributed by atoms with van der Waals surface area (Å²) in [6.07, 6.45) is 52.2. The van der Waals surface area contributed by atoms with Gasteiger partial charge in [0.2, 0.25) is 0 Å². The monoisotopic (exact) mass is 1190 g/mol. The summed E-state index contributed by atoms with van der Waals surface area (Å²) in [6, 6.07) is 9.16. The Morgan fingerprint density at radius 2 is 0.679 bits per heavy atom. The van der Waals surface area contributed by atoms with Crippen molar-refractivity contribution in [1.82, 2.24) is 0 Å². The molecule has 8 nitrogen and oxygen atoms in total. The van der Waals surface area contributed by atoms with E-state index in [2.05, 4.69) is 64.4 Å². The van der Waals surface area contributed by atoms with Gasteiger partial charge in [-0.2, -0.15) is 10.5 Å². The first-order valence-corrected chi connectivity index (χ1v) is 36.5. The molecule has 0 unspecified atom stereocenters. The molecule has 0 saturated heterocycles. The van der Waals surface area contributed by atoms with E-state index < -0.39 is 0 Å². The molecule has 0 saturated carbocycles. The standard InChI is InChI=1S/C74H116N2O6S2/c1-7-13-19-25-27-29-31-33-35-41-47-77-65-51-64(62(54-76)50-70-72-68(56-84-70)80-58-74(60-82-72,45-39-23-17-11-5)46-40-24-18-12-6)66(78-48-42-36-34-32-30-28-26-20-14-8-2)52-63(65)61(53-75)49-69-71-67(55-83-69)79-57-73(59-81-71,43-37-21-15-9-3)44-38-22-16-10-4/h49-52,55-56H,7-48,57-60H2,1-6H3/b61-49+,62-50+. The number of nitrogens with zero attached hydrogens (tertiary/aromatic N) is 2. The molecule has 470 valence electrons. The van der Waals surface area contributed by atoms with E-state index in [0.29, 0.717) is 73.4 Å². The Morgan fingerprint density at radius 1 is 0.405 bits per heavy atom. The second-order valence-electron chi connectivity index (χ2n) is 25.2. The molecule has 0 bridgehead atoms. The van der Waals surface area contributed by atoms with Gasteiger partial charge in [0, 0.05) is 32.7 Å². The summed E-state index contributed by atoms with van der Waals surface area (Å²) in [6.45, 7) is 17.1. The van der Waals surface area contributed by atoms with E-state index in [0.717, 1.165) is 84.1 Å². The molecular weight excluding hydrogens is 1080 g/mol. The van der Waals surface area contributed by atoms with E-state index in [9.17, 15) is 10.5 Å². The Bertz CT molecular complexity index is 2200. The van der Waals surface area contributed by atoms with Crippen molar-refractivity contribution in [2.24, 2.45) is 10.8 Å². The summed E-state index contributed by atoms with van der Waals surface area (Å²) in [4.78, 5) is 1.71. The van der Waals surface area contributed by atoms with Crippen LogP contribution in [0.15, 0.2) is 22.9 Å². The third-order valence-electron chi connectivity index (χ3n) is 17.8. The fourth-order valence-corrected chi connectivity index (χ4v) is 14.0. The van der Waals surface area contributed by atoms with Crippen LogP contribution in [0.3, 0.4) is 0 Å². The van der Waals surface area contributed by atoms with Gasteiger partial charge in [0.05, 0.1) is 72.7 Å². The first-order valence-electron chi connectivity index (χ1n) is 34.7. The van der Waals surface area contributed by atoms with Crippen molar-refractivity contribution in [3.63, 3.8) is 0 Å². The van der Waals surface area contributed by atoms with Gasteiger partial charge in [-0.25, -0.2) is 0 Å². The maximum atomic E-state index is 11.3. The molecular formula is C74H116N2O6S2. The highest BCUT2D eigenvalue weighted by atomic mass is 32.1.